The highest BCUT2D eigenvalue weighted by atomic mass is 32.2. The zero-order chi connectivity index (χ0) is 14.8. The van der Waals surface area contributed by atoms with Crippen molar-refractivity contribution in [2.24, 2.45) is 5.92 Å². The van der Waals surface area contributed by atoms with Gasteiger partial charge in [0.05, 0.1) is 17.9 Å². The van der Waals surface area contributed by atoms with E-state index in [4.69, 9.17) is 0 Å². The zero-order valence-corrected chi connectivity index (χ0v) is 12.0. The molecular weight excluding hydrogens is 283 g/mol. The van der Waals surface area contributed by atoms with Crippen LogP contribution in [0.5, 0.6) is 0 Å². The molecule has 0 unspecified atom stereocenters. The summed E-state index contributed by atoms with van der Waals surface area (Å²) >= 11 is 0. The van der Waals surface area contributed by atoms with Gasteiger partial charge >= 0.3 is 0 Å². The van der Waals surface area contributed by atoms with E-state index in [-0.39, 0.29) is 18.1 Å². The number of carbonyl (C=O) groups is 1. The zero-order valence-electron chi connectivity index (χ0n) is 11.2. The molecule has 2 rings (SSSR count). The quantitative estimate of drug-likeness (QED) is 0.918. The molecule has 1 amide bonds. The predicted molar refractivity (Wildman–Crippen MR) is 74.2 cm³/mol. The Morgan fingerprint density at radius 1 is 1.40 bits per heavy atom. The van der Waals surface area contributed by atoms with Crippen molar-refractivity contribution in [2.45, 2.75) is 12.8 Å². The van der Waals surface area contributed by atoms with Crippen LogP contribution < -0.4 is 5.32 Å². The van der Waals surface area contributed by atoms with Gasteiger partial charge in [-0.3, -0.25) is 4.79 Å². The van der Waals surface area contributed by atoms with Gasteiger partial charge in [-0.25, -0.2) is 17.1 Å². The third-order valence-electron chi connectivity index (χ3n) is 3.36. The van der Waals surface area contributed by atoms with Crippen molar-refractivity contribution in [3.63, 3.8) is 0 Å². The molecule has 1 aromatic rings. The summed E-state index contributed by atoms with van der Waals surface area (Å²) in [5.41, 5.74) is 0.119. The molecule has 0 aromatic heterocycles. The summed E-state index contributed by atoms with van der Waals surface area (Å²) in [5, 5.41) is 2.52. The number of carbonyl (C=O) groups excluding carboxylic acids is 1. The summed E-state index contributed by atoms with van der Waals surface area (Å²) in [4.78, 5) is 12.1. The predicted octanol–water partition coefficient (Wildman–Crippen LogP) is 1.44. The van der Waals surface area contributed by atoms with E-state index < -0.39 is 21.8 Å². The maximum Gasteiger partial charge on any atom is 0.228 e. The number of sulfonamides is 1. The Morgan fingerprint density at radius 3 is 2.75 bits per heavy atom. The van der Waals surface area contributed by atoms with E-state index in [1.54, 1.807) is 6.07 Å². The van der Waals surface area contributed by atoms with Crippen LogP contribution in [0.3, 0.4) is 0 Å². The summed E-state index contributed by atoms with van der Waals surface area (Å²) in [7, 11) is -3.29. The van der Waals surface area contributed by atoms with Crippen LogP contribution in [-0.2, 0) is 14.8 Å². The molecule has 1 N–H and O–H groups in total. The van der Waals surface area contributed by atoms with Crippen LogP contribution in [0.4, 0.5) is 10.1 Å². The number of nitrogens with one attached hydrogen (secondary N) is 1. The van der Waals surface area contributed by atoms with Crippen molar-refractivity contribution in [1.29, 1.82) is 0 Å². The van der Waals surface area contributed by atoms with Gasteiger partial charge in [-0.15, -0.1) is 0 Å². The number of halogens is 1. The van der Waals surface area contributed by atoms with Crippen molar-refractivity contribution in [1.82, 2.24) is 4.31 Å². The molecule has 1 aliphatic heterocycles. The van der Waals surface area contributed by atoms with Gasteiger partial charge in [-0.05, 0) is 25.0 Å². The largest absolute Gasteiger partial charge is 0.323 e. The number of hydrogen-bond acceptors (Lipinski definition) is 3. The fourth-order valence-corrected chi connectivity index (χ4v) is 3.17. The van der Waals surface area contributed by atoms with Gasteiger partial charge in [0.1, 0.15) is 5.82 Å². The van der Waals surface area contributed by atoms with Crippen LogP contribution in [0.2, 0.25) is 0 Å². The first-order valence-electron chi connectivity index (χ1n) is 6.38. The highest BCUT2D eigenvalue weighted by molar-refractivity contribution is 7.88. The smallest absolute Gasteiger partial charge is 0.228 e. The number of benzene rings is 1. The van der Waals surface area contributed by atoms with Gasteiger partial charge in [-0.1, -0.05) is 12.1 Å². The third kappa shape index (κ3) is 3.55. The van der Waals surface area contributed by atoms with E-state index in [0.717, 1.165) is 6.26 Å². The molecule has 1 aromatic carbocycles. The van der Waals surface area contributed by atoms with Crippen LogP contribution in [0, 0.1) is 11.7 Å². The van der Waals surface area contributed by atoms with E-state index in [1.165, 1.54) is 22.5 Å². The summed E-state index contributed by atoms with van der Waals surface area (Å²) in [6.45, 7) is 0.585. The molecule has 5 nitrogen and oxygen atoms in total. The van der Waals surface area contributed by atoms with E-state index >= 15 is 0 Å². The molecule has 1 atom stereocenters. The van der Waals surface area contributed by atoms with Gasteiger partial charge in [0, 0.05) is 13.1 Å². The first kappa shape index (κ1) is 14.9. The first-order chi connectivity index (χ1) is 9.38. The van der Waals surface area contributed by atoms with Gasteiger partial charge < -0.3 is 5.32 Å². The fraction of sp³-hybridized carbons (Fsp3) is 0.462. The minimum atomic E-state index is -3.29. The molecule has 0 spiro atoms. The molecule has 0 saturated carbocycles. The molecule has 1 saturated heterocycles. The van der Waals surface area contributed by atoms with Gasteiger partial charge in [0.15, 0.2) is 0 Å². The lowest BCUT2D eigenvalue weighted by Gasteiger charge is -2.30. The van der Waals surface area contributed by atoms with Crippen molar-refractivity contribution in [3.05, 3.63) is 30.1 Å². The van der Waals surface area contributed by atoms with Crippen LogP contribution in [0.15, 0.2) is 24.3 Å². The monoisotopic (exact) mass is 300 g/mol. The molecular formula is C13H17FN2O3S. The number of piperidine rings is 1. The fourth-order valence-electron chi connectivity index (χ4n) is 2.26. The number of amides is 1. The Morgan fingerprint density at radius 2 is 2.10 bits per heavy atom. The summed E-state index contributed by atoms with van der Waals surface area (Å²) in [6, 6.07) is 5.91. The lowest BCUT2D eigenvalue weighted by Crippen LogP contribution is -2.43. The van der Waals surface area contributed by atoms with Crippen molar-refractivity contribution in [2.75, 3.05) is 24.7 Å². The van der Waals surface area contributed by atoms with Crippen LogP contribution in [0.1, 0.15) is 12.8 Å². The molecule has 1 aliphatic rings. The lowest BCUT2D eigenvalue weighted by molar-refractivity contribution is -0.120. The Labute approximate surface area is 117 Å². The highest BCUT2D eigenvalue weighted by Gasteiger charge is 2.30. The van der Waals surface area contributed by atoms with Crippen LogP contribution in [0.25, 0.3) is 0 Å². The molecule has 110 valence electrons. The molecule has 1 heterocycles. The second-order valence-corrected chi connectivity index (χ2v) is 6.91. The van der Waals surface area contributed by atoms with E-state index in [9.17, 15) is 17.6 Å². The van der Waals surface area contributed by atoms with Gasteiger partial charge in [0.25, 0.3) is 0 Å². The topological polar surface area (TPSA) is 66.5 Å². The van der Waals surface area contributed by atoms with E-state index in [1.807, 2.05) is 0 Å². The summed E-state index contributed by atoms with van der Waals surface area (Å²) in [5.74, 6) is -1.29. The Hall–Kier alpha value is -1.47. The Kier molecular flexibility index (Phi) is 4.39. The molecule has 20 heavy (non-hydrogen) atoms. The average Bonchev–Trinajstić information content (AvgIpc) is 2.40. The number of rotatable bonds is 3. The normalized spacial score (nSPS) is 20.6. The molecule has 0 bridgehead atoms. The van der Waals surface area contributed by atoms with Gasteiger partial charge in [-0.2, -0.15) is 0 Å². The second-order valence-electron chi connectivity index (χ2n) is 4.93. The Balaban J connectivity index is 2.04. The summed E-state index contributed by atoms with van der Waals surface area (Å²) < 4.78 is 37.8. The minimum Gasteiger partial charge on any atom is -0.323 e. The number of hydrogen-bond donors (Lipinski definition) is 1. The summed E-state index contributed by atoms with van der Waals surface area (Å²) in [6.07, 6.45) is 2.36. The van der Waals surface area contributed by atoms with Crippen molar-refractivity contribution >= 4 is 21.6 Å². The van der Waals surface area contributed by atoms with Crippen LogP contribution in [-0.4, -0.2) is 38.0 Å². The SMILES string of the molecule is CS(=O)(=O)N1CCC[C@H](C(=O)Nc2ccccc2F)C1. The third-order valence-corrected chi connectivity index (χ3v) is 4.63. The van der Waals surface area contributed by atoms with E-state index in [2.05, 4.69) is 5.32 Å². The van der Waals surface area contributed by atoms with Crippen molar-refractivity contribution in [3.8, 4) is 0 Å². The van der Waals surface area contributed by atoms with Gasteiger partial charge in [0.2, 0.25) is 15.9 Å². The maximum atomic E-state index is 13.5. The molecule has 0 aliphatic carbocycles. The first-order valence-corrected chi connectivity index (χ1v) is 8.23. The Bertz CT molecular complexity index is 603. The highest BCUT2D eigenvalue weighted by Crippen LogP contribution is 2.21. The lowest BCUT2D eigenvalue weighted by atomic mass is 9.98. The van der Waals surface area contributed by atoms with E-state index in [0.29, 0.717) is 19.4 Å². The number of nitrogens with zero attached hydrogens (tertiary/aromatic N) is 1. The molecule has 0 radical (unpaired) electrons. The second kappa shape index (κ2) is 5.88. The number of para-hydroxylation sites is 1. The van der Waals surface area contributed by atoms with Crippen LogP contribution >= 0.6 is 0 Å². The standard InChI is InChI=1S/C13H17FN2O3S/c1-20(18,19)16-8-4-5-10(9-16)13(17)15-12-7-3-2-6-11(12)14/h2-3,6-7,10H,4-5,8-9H2,1H3,(H,15,17)/t10-/m0/s1. The maximum absolute atomic E-state index is 13.5. The average molecular weight is 300 g/mol. The minimum absolute atomic E-state index is 0.119. The van der Waals surface area contributed by atoms with Crippen molar-refractivity contribution < 1.29 is 17.6 Å². The molecule has 7 heteroatoms. The number of anilines is 1. The molecule has 1 fully saturated rings.